The summed E-state index contributed by atoms with van der Waals surface area (Å²) in [6.45, 7) is 5.94. The highest BCUT2D eigenvalue weighted by Crippen LogP contribution is 2.39. The second kappa shape index (κ2) is 5.82. The molecule has 17 heavy (non-hydrogen) atoms. The highest BCUT2D eigenvalue weighted by atomic mass is 28.3. The maximum Gasteiger partial charge on any atom is 0.410 e. The zero-order chi connectivity index (χ0) is 12.4. The third-order valence-corrected chi connectivity index (χ3v) is 6.49. The van der Waals surface area contributed by atoms with Crippen LogP contribution in [0.4, 0.5) is 0 Å². The van der Waals surface area contributed by atoms with E-state index in [9.17, 15) is 0 Å². The first-order valence-electron chi connectivity index (χ1n) is 6.97. The fourth-order valence-corrected chi connectivity index (χ4v) is 5.73. The van der Waals surface area contributed by atoms with E-state index < -0.39 is 9.45 Å². The van der Waals surface area contributed by atoms with Crippen LogP contribution in [0.15, 0.2) is 0 Å². The van der Waals surface area contributed by atoms with Gasteiger partial charge >= 0.3 is 9.45 Å². The van der Waals surface area contributed by atoms with Gasteiger partial charge in [0.1, 0.15) is 0 Å². The molecule has 0 aromatic rings. The molecule has 0 bridgehead atoms. The van der Waals surface area contributed by atoms with E-state index in [0.29, 0.717) is 0 Å². The molecule has 1 heterocycles. The summed E-state index contributed by atoms with van der Waals surface area (Å²) in [5.74, 6) is 2.55. The third kappa shape index (κ3) is 2.92. The lowest BCUT2D eigenvalue weighted by atomic mass is 9.73. The molecule has 0 spiro atoms. The van der Waals surface area contributed by atoms with Gasteiger partial charge in [0, 0.05) is 20.3 Å². The maximum atomic E-state index is 5.61. The second-order valence-corrected chi connectivity index (χ2v) is 8.28. The Kier molecular flexibility index (Phi) is 4.63. The van der Waals surface area contributed by atoms with Crippen LogP contribution in [-0.4, -0.2) is 40.8 Å². The van der Waals surface area contributed by atoms with E-state index >= 15 is 0 Å². The van der Waals surface area contributed by atoms with Gasteiger partial charge in [-0.25, -0.2) is 0 Å². The molecule has 1 aliphatic carbocycles. The Morgan fingerprint density at radius 3 is 2.35 bits per heavy atom. The zero-order valence-electron chi connectivity index (χ0n) is 11.7. The summed E-state index contributed by atoms with van der Waals surface area (Å²) in [5, 5.41) is 0. The van der Waals surface area contributed by atoms with Crippen molar-refractivity contribution < 1.29 is 8.85 Å². The van der Waals surface area contributed by atoms with Crippen molar-refractivity contribution in [2.45, 2.75) is 45.6 Å². The molecule has 0 aromatic heterocycles. The minimum atomic E-state index is -1.60. The van der Waals surface area contributed by atoms with E-state index in [2.05, 4.69) is 18.4 Å². The Labute approximate surface area is 107 Å². The monoisotopic (exact) mass is 257 g/mol. The molecular weight excluding hydrogens is 230 g/mol. The molecular formula is C13H27NO2Si. The van der Waals surface area contributed by atoms with Crippen molar-refractivity contribution in [3.8, 4) is 0 Å². The van der Waals surface area contributed by atoms with Gasteiger partial charge in [-0.1, -0.05) is 20.3 Å². The average molecular weight is 257 g/mol. The van der Waals surface area contributed by atoms with Gasteiger partial charge in [0.05, 0.1) is 0 Å². The second-order valence-electron chi connectivity index (χ2n) is 6.06. The molecule has 0 N–H and O–H groups in total. The van der Waals surface area contributed by atoms with E-state index in [-0.39, 0.29) is 0 Å². The number of fused-ring (bicyclic) bond motifs is 1. The molecule has 2 fully saturated rings. The minimum Gasteiger partial charge on any atom is -0.388 e. The molecule has 1 aliphatic heterocycles. The quantitative estimate of drug-likeness (QED) is 0.723. The Bertz CT molecular complexity index is 248. The van der Waals surface area contributed by atoms with Gasteiger partial charge in [-0.3, -0.25) is 4.57 Å². The van der Waals surface area contributed by atoms with Crippen LogP contribution in [0.2, 0.25) is 0 Å². The molecule has 3 nitrogen and oxygen atoms in total. The van der Waals surface area contributed by atoms with Crippen molar-refractivity contribution >= 4 is 9.45 Å². The zero-order valence-corrected chi connectivity index (χ0v) is 12.8. The maximum absolute atomic E-state index is 5.61. The molecule has 0 amide bonds. The lowest BCUT2D eigenvalue weighted by Crippen LogP contribution is -2.58. The molecule has 0 radical (unpaired) electrons. The van der Waals surface area contributed by atoms with Crippen molar-refractivity contribution in [1.82, 2.24) is 4.57 Å². The fraction of sp³-hybridized carbons (Fsp3) is 1.00. The normalized spacial score (nSPS) is 39.4. The summed E-state index contributed by atoms with van der Waals surface area (Å²) in [6.07, 6.45) is 5.56. The molecule has 2 aliphatic rings. The van der Waals surface area contributed by atoms with Gasteiger partial charge in [-0.2, -0.15) is 0 Å². The van der Waals surface area contributed by atoms with Crippen LogP contribution in [0.25, 0.3) is 0 Å². The molecule has 4 heteroatoms. The predicted octanol–water partition coefficient (Wildman–Crippen LogP) is 2.14. The topological polar surface area (TPSA) is 21.7 Å². The van der Waals surface area contributed by atoms with E-state index in [1.54, 1.807) is 14.2 Å². The van der Waals surface area contributed by atoms with Crippen LogP contribution in [0.1, 0.15) is 39.5 Å². The number of rotatable bonds is 3. The molecule has 4 unspecified atom stereocenters. The van der Waals surface area contributed by atoms with Crippen LogP contribution in [-0.2, 0) is 8.85 Å². The Morgan fingerprint density at radius 1 is 1.00 bits per heavy atom. The lowest BCUT2D eigenvalue weighted by Gasteiger charge is -2.49. The van der Waals surface area contributed by atoms with Crippen LogP contribution in [0.3, 0.4) is 0 Å². The molecule has 0 aromatic carbocycles. The van der Waals surface area contributed by atoms with Gasteiger partial charge in [-0.05, 0) is 43.6 Å². The number of piperidine rings is 1. The van der Waals surface area contributed by atoms with E-state index in [0.717, 1.165) is 23.8 Å². The molecule has 4 atom stereocenters. The van der Waals surface area contributed by atoms with Gasteiger partial charge < -0.3 is 8.85 Å². The van der Waals surface area contributed by atoms with E-state index in [4.69, 9.17) is 8.85 Å². The van der Waals surface area contributed by atoms with E-state index in [1.807, 2.05) is 0 Å². The first kappa shape index (κ1) is 13.5. The summed E-state index contributed by atoms with van der Waals surface area (Å²) >= 11 is 0. The van der Waals surface area contributed by atoms with Gasteiger partial charge in [0.15, 0.2) is 0 Å². The van der Waals surface area contributed by atoms with Gasteiger partial charge in [-0.15, -0.1) is 0 Å². The molecule has 100 valence electrons. The number of hydrogen-bond acceptors (Lipinski definition) is 3. The Balaban J connectivity index is 2.10. The lowest BCUT2D eigenvalue weighted by molar-refractivity contribution is 0.0395. The van der Waals surface area contributed by atoms with Crippen molar-refractivity contribution in [2.75, 3.05) is 20.8 Å². The average Bonchev–Trinajstić information content (AvgIpc) is 2.31. The van der Waals surface area contributed by atoms with Crippen molar-refractivity contribution in [1.29, 1.82) is 0 Å². The summed E-state index contributed by atoms with van der Waals surface area (Å²) in [7, 11) is 2.01. The van der Waals surface area contributed by atoms with Crippen LogP contribution in [0, 0.1) is 17.8 Å². The molecule has 1 saturated carbocycles. The molecule has 2 rings (SSSR count). The fourth-order valence-electron chi connectivity index (χ4n) is 3.79. The number of hydrogen-bond donors (Lipinski definition) is 0. The van der Waals surface area contributed by atoms with Crippen molar-refractivity contribution in [3.05, 3.63) is 0 Å². The van der Waals surface area contributed by atoms with Crippen LogP contribution >= 0.6 is 0 Å². The molecule has 1 saturated heterocycles. The third-order valence-electron chi connectivity index (χ3n) is 4.55. The van der Waals surface area contributed by atoms with Crippen molar-refractivity contribution in [2.24, 2.45) is 17.8 Å². The van der Waals surface area contributed by atoms with Crippen LogP contribution in [0.5, 0.6) is 0 Å². The Hall–Kier alpha value is 0.0969. The van der Waals surface area contributed by atoms with E-state index in [1.165, 1.54) is 32.2 Å². The first-order chi connectivity index (χ1) is 8.15. The summed E-state index contributed by atoms with van der Waals surface area (Å²) in [5.41, 5.74) is 0. The predicted molar refractivity (Wildman–Crippen MR) is 71.9 cm³/mol. The van der Waals surface area contributed by atoms with Gasteiger partial charge in [0.25, 0.3) is 0 Å². The minimum absolute atomic E-state index is 0.728. The summed E-state index contributed by atoms with van der Waals surface area (Å²) < 4.78 is 13.8. The smallest absolute Gasteiger partial charge is 0.388 e. The first-order valence-corrected chi connectivity index (χ1v) is 8.43. The summed E-state index contributed by atoms with van der Waals surface area (Å²) in [4.78, 5) is 0. The summed E-state index contributed by atoms with van der Waals surface area (Å²) in [6, 6.07) is 0.728. The standard InChI is InChI=1S/C13H27NO2Si/c1-10-5-6-12-7-11(2)9-14(13(12)8-10)17(15-3)16-4/h10-13,17H,5-9H2,1-4H3. The van der Waals surface area contributed by atoms with Crippen molar-refractivity contribution in [3.63, 3.8) is 0 Å². The highest BCUT2D eigenvalue weighted by Gasteiger charge is 2.41. The largest absolute Gasteiger partial charge is 0.410 e. The SMILES string of the molecule is CO[SiH](OC)N1CC(C)CC2CCC(C)CC21. The van der Waals surface area contributed by atoms with Crippen LogP contribution < -0.4 is 0 Å². The highest BCUT2D eigenvalue weighted by molar-refractivity contribution is 6.41. The van der Waals surface area contributed by atoms with Gasteiger partial charge in [0.2, 0.25) is 0 Å². The Morgan fingerprint density at radius 2 is 1.71 bits per heavy atom. The number of nitrogens with zero attached hydrogens (tertiary/aromatic N) is 1.